The monoisotopic (exact) mass is 216 g/mol. The second-order valence-electron chi connectivity index (χ2n) is 3.66. The van der Waals surface area contributed by atoms with Gasteiger partial charge in [-0.25, -0.2) is 0 Å². The molecule has 2 heterocycles. The van der Waals surface area contributed by atoms with Crippen LogP contribution in [-0.4, -0.2) is 12.0 Å². The molecule has 0 saturated heterocycles. The first-order valence-electron chi connectivity index (χ1n) is 5.51. The maximum Gasteiger partial charge on any atom is 0.125 e. The highest BCUT2D eigenvalue weighted by atomic mass is 16.3. The van der Waals surface area contributed by atoms with Crippen LogP contribution < -0.4 is 5.32 Å². The van der Waals surface area contributed by atoms with Crippen molar-refractivity contribution in [1.82, 2.24) is 10.3 Å². The van der Waals surface area contributed by atoms with Gasteiger partial charge in [-0.2, -0.15) is 0 Å². The van der Waals surface area contributed by atoms with Gasteiger partial charge in [0, 0.05) is 18.8 Å². The average Bonchev–Trinajstić information content (AvgIpc) is 2.80. The lowest BCUT2D eigenvalue weighted by atomic mass is 10.1. The van der Waals surface area contributed by atoms with Crippen molar-refractivity contribution in [3.05, 3.63) is 53.7 Å². The molecule has 0 fully saturated rings. The van der Waals surface area contributed by atoms with Crippen LogP contribution in [0.4, 0.5) is 0 Å². The molecule has 0 radical (unpaired) electrons. The van der Waals surface area contributed by atoms with Crippen LogP contribution in [0.2, 0.25) is 0 Å². The van der Waals surface area contributed by atoms with Crippen molar-refractivity contribution in [2.24, 2.45) is 0 Å². The van der Waals surface area contributed by atoms with Gasteiger partial charge in [0.25, 0.3) is 0 Å². The van der Waals surface area contributed by atoms with Crippen LogP contribution in [0.25, 0.3) is 0 Å². The van der Waals surface area contributed by atoms with Gasteiger partial charge in [-0.15, -0.1) is 0 Å². The third kappa shape index (κ3) is 2.14. The van der Waals surface area contributed by atoms with Crippen LogP contribution >= 0.6 is 0 Å². The minimum absolute atomic E-state index is 0.100. The molecule has 0 aromatic carbocycles. The summed E-state index contributed by atoms with van der Waals surface area (Å²) in [7, 11) is 1.93. The number of hydrogen-bond donors (Lipinski definition) is 1. The highest BCUT2D eigenvalue weighted by molar-refractivity contribution is 5.25. The van der Waals surface area contributed by atoms with Gasteiger partial charge >= 0.3 is 0 Å². The Morgan fingerprint density at radius 1 is 1.25 bits per heavy atom. The lowest BCUT2D eigenvalue weighted by molar-refractivity contribution is 0.434. The number of furan rings is 1. The fraction of sp³-hybridized carbons (Fsp3) is 0.308. The molecule has 1 atom stereocenters. The molecular weight excluding hydrogens is 200 g/mol. The van der Waals surface area contributed by atoms with E-state index in [0.29, 0.717) is 0 Å². The van der Waals surface area contributed by atoms with Crippen LogP contribution in [0.15, 0.2) is 41.1 Å². The molecule has 84 valence electrons. The van der Waals surface area contributed by atoms with Crippen LogP contribution in [0.1, 0.15) is 30.0 Å². The predicted molar refractivity (Wildman–Crippen MR) is 63.2 cm³/mol. The minimum atomic E-state index is 0.100. The summed E-state index contributed by atoms with van der Waals surface area (Å²) in [5.74, 6) is 1.97. The third-order valence-corrected chi connectivity index (χ3v) is 2.64. The summed E-state index contributed by atoms with van der Waals surface area (Å²) in [6.07, 6.45) is 4.51. The van der Waals surface area contributed by atoms with Gasteiger partial charge in [0.05, 0.1) is 6.04 Å². The molecule has 0 saturated carbocycles. The number of nitrogens with one attached hydrogen (secondary N) is 1. The quantitative estimate of drug-likeness (QED) is 0.853. The molecule has 0 amide bonds. The smallest absolute Gasteiger partial charge is 0.125 e. The summed E-state index contributed by atoms with van der Waals surface area (Å²) in [6, 6.07) is 8.15. The van der Waals surface area contributed by atoms with Crippen molar-refractivity contribution >= 4 is 0 Å². The Labute approximate surface area is 95.5 Å². The third-order valence-electron chi connectivity index (χ3n) is 2.64. The molecule has 2 aromatic heterocycles. The first kappa shape index (κ1) is 10.9. The maximum absolute atomic E-state index is 5.76. The van der Waals surface area contributed by atoms with E-state index in [9.17, 15) is 0 Å². The zero-order chi connectivity index (χ0) is 11.4. The van der Waals surface area contributed by atoms with Crippen molar-refractivity contribution in [1.29, 1.82) is 0 Å². The minimum Gasteiger partial charge on any atom is -0.464 e. The Bertz CT molecular complexity index is 436. The molecule has 0 bridgehead atoms. The van der Waals surface area contributed by atoms with Gasteiger partial charge in [-0.3, -0.25) is 4.98 Å². The zero-order valence-electron chi connectivity index (χ0n) is 9.60. The van der Waals surface area contributed by atoms with E-state index in [4.69, 9.17) is 4.42 Å². The number of aromatic nitrogens is 1. The van der Waals surface area contributed by atoms with E-state index in [-0.39, 0.29) is 6.04 Å². The Balaban J connectivity index is 2.29. The summed E-state index contributed by atoms with van der Waals surface area (Å²) in [5, 5.41) is 3.25. The molecule has 3 heteroatoms. The molecule has 0 spiro atoms. The second kappa shape index (κ2) is 4.94. The highest BCUT2D eigenvalue weighted by Gasteiger charge is 2.15. The highest BCUT2D eigenvalue weighted by Crippen LogP contribution is 2.23. The molecule has 0 aliphatic rings. The first-order chi connectivity index (χ1) is 7.85. The van der Waals surface area contributed by atoms with E-state index in [1.165, 1.54) is 0 Å². The normalized spacial score (nSPS) is 12.6. The first-order valence-corrected chi connectivity index (χ1v) is 5.51. The molecule has 1 unspecified atom stereocenters. The lowest BCUT2D eigenvalue weighted by Crippen LogP contribution is -2.16. The summed E-state index contributed by atoms with van der Waals surface area (Å²) < 4.78 is 5.76. The molecule has 2 rings (SSSR count). The van der Waals surface area contributed by atoms with E-state index in [2.05, 4.69) is 17.2 Å². The Hall–Kier alpha value is -1.61. The van der Waals surface area contributed by atoms with Crippen molar-refractivity contribution in [2.45, 2.75) is 19.4 Å². The molecule has 0 aliphatic heterocycles. The van der Waals surface area contributed by atoms with E-state index in [1.807, 2.05) is 31.3 Å². The van der Waals surface area contributed by atoms with Crippen molar-refractivity contribution in [3.8, 4) is 0 Å². The Morgan fingerprint density at radius 2 is 2.00 bits per heavy atom. The fourth-order valence-electron chi connectivity index (χ4n) is 1.77. The van der Waals surface area contributed by atoms with Crippen LogP contribution in [-0.2, 0) is 6.42 Å². The van der Waals surface area contributed by atoms with Crippen molar-refractivity contribution in [3.63, 3.8) is 0 Å². The van der Waals surface area contributed by atoms with Crippen molar-refractivity contribution in [2.75, 3.05) is 7.05 Å². The van der Waals surface area contributed by atoms with E-state index < -0.39 is 0 Å². The van der Waals surface area contributed by atoms with Crippen molar-refractivity contribution < 1.29 is 4.42 Å². The molecule has 3 nitrogen and oxygen atoms in total. The lowest BCUT2D eigenvalue weighted by Gasteiger charge is -2.13. The summed E-state index contributed by atoms with van der Waals surface area (Å²) in [5.41, 5.74) is 1.16. The zero-order valence-corrected chi connectivity index (χ0v) is 9.60. The Kier molecular flexibility index (Phi) is 3.37. The van der Waals surface area contributed by atoms with Crippen LogP contribution in [0.3, 0.4) is 0 Å². The maximum atomic E-state index is 5.76. The number of nitrogens with zero attached hydrogens (tertiary/aromatic N) is 1. The topological polar surface area (TPSA) is 38.1 Å². The van der Waals surface area contributed by atoms with Gasteiger partial charge in [-0.05, 0) is 36.9 Å². The molecule has 1 N–H and O–H groups in total. The van der Waals surface area contributed by atoms with Crippen LogP contribution in [0.5, 0.6) is 0 Å². The molecule has 16 heavy (non-hydrogen) atoms. The Morgan fingerprint density at radius 3 is 2.56 bits per heavy atom. The van der Waals surface area contributed by atoms with Gasteiger partial charge in [0.2, 0.25) is 0 Å². The second-order valence-corrected chi connectivity index (χ2v) is 3.66. The fourth-order valence-corrected chi connectivity index (χ4v) is 1.77. The van der Waals surface area contributed by atoms with E-state index >= 15 is 0 Å². The molecular formula is C13H16N2O. The largest absolute Gasteiger partial charge is 0.464 e. The number of aryl methyl sites for hydroxylation is 1. The van der Waals surface area contributed by atoms with Gasteiger partial charge in [0.1, 0.15) is 11.5 Å². The SMILES string of the molecule is CCc1ccc(C(NC)c2ccncc2)o1. The summed E-state index contributed by atoms with van der Waals surface area (Å²) >= 11 is 0. The van der Waals surface area contributed by atoms with Gasteiger partial charge in [0.15, 0.2) is 0 Å². The molecule has 0 aliphatic carbocycles. The molecule has 2 aromatic rings. The van der Waals surface area contributed by atoms with Crippen LogP contribution in [0, 0.1) is 0 Å². The average molecular weight is 216 g/mol. The summed E-state index contributed by atoms with van der Waals surface area (Å²) in [4.78, 5) is 4.02. The summed E-state index contributed by atoms with van der Waals surface area (Å²) in [6.45, 7) is 2.09. The standard InChI is InChI=1S/C13H16N2O/c1-3-11-4-5-12(16-11)13(14-2)10-6-8-15-9-7-10/h4-9,13-14H,3H2,1-2H3. The van der Waals surface area contributed by atoms with E-state index in [0.717, 1.165) is 23.5 Å². The predicted octanol–water partition coefficient (Wildman–Crippen LogP) is 2.55. The van der Waals surface area contributed by atoms with E-state index in [1.54, 1.807) is 12.4 Å². The number of pyridine rings is 1. The number of hydrogen-bond acceptors (Lipinski definition) is 3. The van der Waals surface area contributed by atoms with Gasteiger partial charge in [-0.1, -0.05) is 6.92 Å². The number of rotatable bonds is 4. The van der Waals surface area contributed by atoms with Gasteiger partial charge < -0.3 is 9.73 Å².